The fourth-order valence-electron chi connectivity index (χ4n) is 4.35. The molecule has 34 heavy (non-hydrogen) atoms. The summed E-state index contributed by atoms with van der Waals surface area (Å²) >= 11 is 0. The molecular weight excluding hydrogens is 416 g/mol. The molecule has 0 aliphatic rings. The summed E-state index contributed by atoms with van der Waals surface area (Å²) in [6, 6.07) is 8.63. The van der Waals surface area contributed by atoms with E-state index in [4.69, 9.17) is 0 Å². The van der Waals surface area contributed by atoms with Gasteiger partial charge in [-0.05, 0) is 67.9 Å². The molecular formula is C32H48O2. The van der Waals surface area contributed by atoms with E-state index in [1.165, 1.54) is 11.1 Å². The van der Waals surface area contributed by atoms with Crippen LogP contribution in [0.2, 0.25) is 0 Å². The molecule has 0 atom stereocenters. The first-order valence-corrected chi connectivity index (χ1v) is 12.6. The molecule has 0 aliphatic carbocycles. The van der Waals surface area contributed by atoms with Crippen LogP contribution in [0, 0.1) is 0 Å². The van der Waals surface area contributed by atoms with Gasteiger partial charge in [-0.3, -0.25) is 0 Å². The molecule has 0 aromatic heterocycles. The van der Waals surface area contributed by atoms with Crippen molar-refractivity contribution in [3.63, 3.8) is 0 Å². The monoisotopic (exact) mass is 464 g/mol. The maximum atomic E-state index is 11.0. The van der Waals surface area contributed by atoms with E-state index in [0.717, 1.165) is 35.1 Å². The smallest absolute Gasteiger partial charge is 0.123 e. The zero-order valence-electron chi connectivity index (χ0n) is 23.8. The molecule has 2 nitrogen and oxygen atoms in total. The van der Waals surface area contributed by atoms with Gasteiger partial charge in [0, 0.05) is 0 Å². The number of allylic oxidation sites excluding steroid dienone is 2. The van der Waals surface area contributed by atoms with Gasteiger partial charge in [-0.15, -0.1) is 0 Å². The Balaban J connectivity index is 2.38. The number of benzene rings is 2. The largest absolute Gasteiger partial charge is 0.507 e. The Kier molecular flexibility index (Phi) is 7.78. The van der Waals surface area contributed by atoms with E-state index in [-0.39, 0.29) is 21.7 Å². The summed E-state index contributed by atoms with van der Waals surface area (Å²) in [5.41, 5.74) is 5.98. The van der Waals surface area contributed by atoms with Gasteiger partial charge in [-0.2, -0.15) is 0 Å². The maximum Gasteiger partial charge on any atom is 0.123 e. The van der Waals surface area contributed by atoms with Crippen molar-refractivity contribution in [2.75, 3.05) is 0 Å². The van der Waals surface area contributed by atoms with Crippen LogP contribution >= 0.6 is 0 Å². The normalized spacial score (nSPS) is 13.6. The lowest BCUT2D eigenvalue weighted by molar-refractivity contribution is 0.422. The van der Waals surface area contributed by atoms with Gasteiger partial charge in [0.05, 0.1) is 0 Å². The van der Waals surface area contributed by atoms with Crippen molar-refractivity contribution in [2.45, 2.75) is 118 Å². The third-order valence-corrected chi connectivity index (χ3v) is 6.45. The van der Waals surface area contributed by atoms with Crippen LogP contribution in [0.15, 0.2) is 36.4 Å². The van der Waals surface area contributed by atoms with Crippen LogP contribution in [0.25, 0.3) is 0 Å². The van der Waals surface area contributed by atoms with Crippen LogP contribution in [-0.4, -0.2) is 10.2 Å². The average Bonchev–Trinajstić information content (AvgIpc) is 2.63. The molecule has 2 N–H and O–H groups in total. The van der Waals surface area contributed by atoms with Gasteiger partial charge >= 0.3 is 0 Å². The number of aromatic hydroxyl groups is 2. The molecule has 0 heterocycles. The summed E-state index contributed by atoms with van der Waals surface area (Å²) in [6.45, 7) is 25.8. The summed E-state index contributed by atoms with van der Waals surface area (Å²) in [6.07, 6.45) is 6.10. The molecule has 2 rings (SSSR count). The lowest BCUT2D eigenvalue weighted by Crippen LogP contribution is -2.18. The van der Waals surface area contributed by atoms with Gasteiger partial charge in [-0.1, -0.05) is 120 Å². The standard InChI is InChI=1S/C32H48O2/c1-29(2,3)23-17-21(18-24(27(23)33)30(4,5)6)15-13-14-16-22-19-25(31(7,8)9)28(34)26(20-22)32(10,11)12/h13-14,17-20,33-34H,15-16H2,1-12H3/b14-13+. The Morgan fingerprint density at radius 3 is 0.853 bits per heavy atom. The highest BCUT2D eigenvalue weighted by molar-refractivity contribution is 5.51. The van der Waals surface area contributed by atoms with Crippen LogP contribution in [0.5, 0.6) is 11.5 Å². The molecule has 0 saturated heterocycles. The summed E-state index contributed by atoms with van der Waals surface area (Å²) in [4.78, 5) is 0. The zero-order valence-corrected chi connectivity index (χ0v) is 23.8. The molecule has 0 fully saturated rings. The van der Waals surface area contributed by atoms with Gasteiger partial charge in [0.2, 0.25) is 0 Å². The first-order chi connectivity index (χ1) is 15.2. The van der Waals surface area contributed by atoms with Crippen LogP contribution < -0.4 is 0 Å². The third kappa shape index (κ3) is 6.68. The molecule has 0 bridgehead atoms. The van der Waals surface area contributed by atoms with Gasteiger partial charge in [-0.25, -0.2) is 0 Å². The van der Waals surface area contributed by atoms with E-state index in [1.807, 2.05) is 0 Å². The zero-order chi connectivity index (χ0) is 26.3. The van der Waals surface area contributed by atoms with Crippen molar-refractivity contribution >= 4 is 0 Å². The molecule has 2 aromatic carbocycles. The Morgan fingerprint density at radius 1 is 0.471 bits per heavy atom. The highest BCUT2D eigenvalue weighted by Crippen LogP contribution is 2.41. The fourth-order valence-corrected chi connectivity index (χ4v) is 4.35. The van der Waals surface area contributed by atoms with Crippen molar-refractivity contribution in [3.05, 3.63) is 69.8 Å². The molecule has 0 aliphatic heterocycles. The van der Waals surface area contributed by atoms with E-state index >= 15 is 0 Å². The van der Waals surface area contributed by atoms with Crippen molar-refractivity contribution in [1.29, 1.82) is 0 Å². The van der Waals surface area contributed by atoms with Gasteiger partial charge in [0.15, 0.2) is 0 Å². The van der Waals surface area contributed by atoms with Gasteiger partial charge in [0.1, 0.15) is 11.5 Å². The van der Waals surface area contributed by atoms with Crippen LogP contribution in [-0.2, 0) is 34.5 Å². The summed E-state index contributed by atoms with van der Waals surface area (Å²) in [5.74, 6) is 0.863. The highest BCUT2D eigenvalue weighted by Gasteiger charge is 2.27. The first-order valence-electron chi connectivity index (χ1n) is 12.6. The minimum Gasteiger partial charge on any atom is -0.507 e. The van der Waals surface area contributed by atoms with Crippen molar-refractivity contribution in [3.8, 4) is 11.5 Å². The first kappa shape index (κ1) is 28.0. The average molecular weight is 465 g/mol. The number of rotatable bonds is 4. The quantitative estimate of drug-likeness (QED) is 0.445. The molecule has 0 amide bonds. The number of phenols is 2. The molecule has 0 unspecified atom stereocenters. The Bertz CT molecular complexity index is 887. The van der Waals surface area contributed by atoms with E-state index in [1.54, 1.807) is 0 Å². The van der Waals surface area contributed by atoms with E-state index in [0.29, 0.717) is 11.5 Å². The van der Waals surface area contributed by atoms with Crippen molar-refractivity contribution in [2.24, 2.45) is 0 Å². The van der Waals surface area contributed by atoms with Crippen LogP contribution in [0.3, 0.4) is 0 Å². The second-order valence-corrected chi connectivity index (χ2v) is 14.0. The summed E-state index contributed by atoms with van der Waals surface area (Å²) < 4.78 is 0. The van der Waals surface area contributed by atoms with E-state index < -0.39 is 0 Å². The second-order valence-electron chi connectivity index (χ2n) is 14.0. The Hall–Kier alpha value is -2.22. The lowest BCUT2D eigenvalue weighted by Gasteiger charge is -2.28. The summed E-state index contributed by atoms with van der Waals surface area (Å²) in [5, 5.41) is 21.9. The molecule has 0 saturated carbocycles. The Morgan fingerprint density at radius 2 is 0.676 bits per heavy atom. The molecule has 0 spiro atoms. The topological polar surface area (TPSA) is 40.5 Å². The van der Waals surface area contributed by atoms with Gasteiger partial charge in [0.25, 0.3) is 0 Å². The van der Waals surface area contributed by atoms with Crippen molar-refractivity contribution in [1.82, 2.24) is 0 Å². The van der Waals surface area contributed by atoms with E-state index in [2.05, 4.69) is 120 Å². The van der Waals surface area contributed by atoms with E-state index in [9.17, 15) is 10.2 Å². The molecule has 2 aromatic rings. The minimum atomic E-state index is -0.122. The fraction of sp³-hybridized carbons (Fsp3) is 0.562. The maximum absolute atomic E-state index is 11.0. The molecule has 0 radical (unpaired) electrons. The molecule has 188 valence electrons. The summed E-state index contributed by atoms with van der Waals surface area (Å²) in [7, 11) is 0. The highest BCUT2D eigenvalue weighted by atomic mass is 16.3. The predicted molar refractivity (Wildman–Crippen MR) is 148 cm³/mol. The Labute approximate surface area is 209 Å². The SMILES string of the molecule is CC(C)(C)c1cc(C/C=C/Cc2cc(C(C)(C)C)c(O)c(C(C)(C)C)c2)cc(C(C)(C)C)c1O. The predicted octanol–water partition coefficient (Wildman–Crippen LogP) is 8.63. The minimum absolute atomic E-state index is 0.122. The van der Waals surface area contributed by atoms with Gasteiger partial charge < -0.3 is 10.2 Å². The van der Waals surface area contributed by atoms with Crippen molar-refractivity contribution < 1.29 is 10.2 Å². The third-order valence-electron chi connectivity index (χ3n) is 6.45. The van der Waals surface area contributed by atoms with Crippen LogP contribution in [0.1, 0.15) is 116 Å². The number of hydrogen-bond acceptors (Lipinski definition) is 2. The number of hydrogen-bond donors (Lipinski definition) is 2. The molecule has 2 heteroatoms. The second kappa shape index (κ2) is 9.44. The van der Waals surface area contributed by atoms with Crippen LogP contribution in [0.4, 0.5) is 0 Å². The lowest BCUT2D eigenvalue weighted by atomic mass is 9.78. The number of phenolic OH excluding ortho intramolecular Hbond substituents is 2.